The molecule has 33 heavy (non-hydrogen) atoms. The van der Waals surface area contributed by atoms with Crippen LogP contribution in [-0.4, -0.2) is 54.5 Å². The number of likely N-dealkylation sites (tertiary alicyclic amines) is 1. The summed E-state index contributed by atoms with van der Waals surface area (Å²) in [5, 5.41) is 2.58. The van der Waals surface area contributed by atoms with E-state index in [-0.39, 0.29) is 42.5 Å². The molecule has 2 heterocycles. The molecule has 0 aliphatic carbocycles. The van der Waals surface area contributed by atoms with E-state index in [1.807, 2.05) is 0 Å². The molecule has 0 spiro atoms. The number of benzene rings is 1. The van der Waals surface area contributed by atoms with E-state index >= 15 is 0 Å². The zero-order chi connectivity index (χ0) is 24.2. The van der Waals surface area contributed by atoms with Crippen LogP contribution in [0.25, 0.3) is 0 Å². The Morgan fingerprint density at radius 1 is 1.21 bits per heavy atom. The number of imide groups is 1. The van der Waals surface area contributed by atoms with Crippen LogP contribution in [0.1, 0.15) is 18.4 Å². The molecular weight excluding hydrogens is 447 g/mol. The van der Waals surface area contributed by atoms with Crippen molar-refractivity contribution < 1.29 is 41.8 Å². The maximum Gasteiger partial charge on any atom is 0.416 e. The lowest BCUT2D eigenvalue weighted by atomic mass is 10.2. The summed E-state index contributed by atoms with van der Waals surface area (Å²) in [6.45, 7) is -0.355. The molecule has 1 unspecified atom stereocenters. The van der Waals surface area contributed by atoms with E-state index in [0.717, 1.165) is 23.2 Å². The Kier molecular flexibility index (Phi) is 7.16. The van der Waals surface area contributed by atoms with Crippen molar-refractivity contribution in [3.8, 4) is 17.4 Å². The molecule has 9 nitrogen and oxygen atoms in total. The molecule has 3 amide bonds. The lowest BCUT2D eigenvalue weighted by molar-refractivity contribution is -0.149. The lowest BCUT2D eigenvalue weighted by Gasteiger charge is -2.22. The Morgan fingerprint density at radius 3 is 2.64 bits per heavy atom. The topological polar surface area (TPSA) is 107 Å². The third-order valence-corrected chi connectivity index (χ3v) is 4.76. The minimum absolute atomic E-state index is 0.0229. The molecular formula is C21H20F3N3O6. The first-order valence-corrected chi connectivity index (χ1v) is 9.68. The van der Waals surface area contributed by atoms with Crippen LogP contribution < -0.4 is 14.8 Å². The molecule has 176 valence electrons. The van der Waals surface area contributed by atoms with Gasteiger partial charge in [0, 0.05) is 31.9 Å². The zero-order valence-electron chi connectivity index (χ0n) is 17.6. The third-order valence-electron chi connectivity index (χ3n) is 4.76. The fraction of sp³-hybridized carbons (Fsp3) is 0.333. The quantitative estimate of drug-likeness (QED) is 0.667. The van der Waals surface area contributed by atoms with Crippen LogP contribution in [0.15, 0.2) is 36.5 Å². The third kappa shape index (κ3) is 5.58. The van der Waals surface area contributed by atoms with Crippen LogP contribution in [0, 0.1) is 0 Å². The van der Waals surface area contributed by atoms with Crippen molar-refractivity contribution in [2.24, 2.45) is 0 Å². The molecule has 1 aliphatic rings. The van der Waals surface area contributed by atoms with Gasteiger partial charge in [-0.1, -0.05) is 0 Å². The monoisotopic (exact) mass is 467 g/mol. The van der Waals surface area contributed by atoms with Gasteiger partial charge in [0.05, 0.1) is 18.4 Å². The second-order valence-electron chi connectivity index (χ2n) is 6.98. The highest BCUT2D eigenvalue weighted by Gasteiger charge is 2.40. The molecule has 1 saturated heterocycles. The second-order valence-corrected chi connectivity index (χ2v) is 6.98. The minimum atomic E-state index is -4.56. The standard InChI is InChI=1S/C21H20F3N3O6/c1-31-11-19(29)27-15(4-6-18(27)28)20(30)26-14-10-13(3-5-16(14)32-2)33-17-9-12(7-8-25-17)21(22,23)24/h3,5,7-10,15H,4,6,11H2,1-2H3,(H,26,30). The molecule has 1 aliphatic heterocycles. The van der Waals surface area contributed by atoms with E-state index in [1.165, 1.54) is 32.4 Å². The minimum Gasteiger partial charge on any atom is -0.495 e. The average molecular weight is 467 g/mol. The summed E-state index contributed by atoms with van der Waals surface area (Å²) in [5.74, 6) is -1.76. The molecule has 1 atom stereocenters. The summed E-state index contributed by atoms with van der Waals surface area (Å²) in [5.41, 5.74) is -0.799. The maximum absolute atomic E-state index is 12.9. The first-order chi connectivity index (χ1) is 15.6. The van der Waals surface area contributed by atoms with Gasteiger partial charge in [0.25, 0.3) is 5.91 Å². The van der Waals surface area contributed by atoms with Gasteiger partial charge in [0.15, 0.2) is 0 Å². The van der Waals surface area contributed by atoms with Crippen molar-refractivity contribution in [1.29, 1.82) is 0 Å². The van der Waals surface area contributed by atoms with Gasteiger partial charge < -0.3 is 19.5 Å². The van der Waals surface area contributed by atoms with E-state index in [9.17, 15) is 27.6 Å². The molecule has 0 bridgehead atoms. The Balaban J connectivity index is 1.81. The van der Waals surface area contributed by atoms with E-state index < -0.39 is 35.5 Å². The van der Waals surface area contributed by atoms with Crippen LogP contribution in [0.3, 0.4) is 0 Å². The van der Waals surface area contributed by atoms with Crippen molar-refractivity contribution in [3.05, 3.63) is 42.1 Å². The number of alkyl halides is 3. The van der Waals surface area contributed by atoms with Crippen LogP contribution in [0.2, 0.25) is 0 Å². The number of carbonyl (C=O) groups excluding carboxylic acids is 3. The highest BCUT2D eigenvalue weighted by Crippen LogP contribution is 2.34. The number of hydrogen-bond donors (Lipinski definition) is 1. The number of aromatic nitrogens is 1. The number of pyridine rings is 1. The number of nitrogens with zero attached hydrogens (tertiary/aromatic N) is 2. The molecule has 0 saturated carbocycles. The molecule has 1 fully saturated rings. The van der Waals surface area contributed by atoms with Gasteiger partial charge in [-0.25, -0.2) is 4.98 Å². The van der Waals surface area contributed by atoms with Crippen LogP contribution in [0.5, 0.6) is 17.4 Å². The number of amides is 3. The molecule has 1 N–H and O–H groups in total. The number of ether oxygens (including phenoxy) is 3. The Labute approximate surface area is 186 Å². The van der Waals surface area contributed by atoms with Gasteiger partial charge >= 0.3 is 6.18 Å². The number of hydrogen-bond acceptors (Lipinski definition) is 7. The van der Waals surface area contributed by atoms with Crippen molar-refractivity contribution in [2.45, 2.75) is 25.1 Å². The fourth-order valence-electron chi connectivity index (χ4n) is 3.26. The number of carbonyl (C=O) groups is 3. The predicted molar refractivity (Wildman–Crippen MR) is 108 cm³/mol. The van der Waals surface area contributed by atoms with E-state index in [4.69, 9.17) is 14.2 Å². The van der Waals surface area contributed by atoms with Gasteiger partial charge in [-0.3, -0.25) is 19.3 Å². The van der Waals surface area contributed by atoms with Crippen LogP contribution in [-0.2, 0) is 25.3 Å². The SMILES string of the molecule is COCC(=O)N1C(=O)CCC1C(=O)Nc1cc(Oc2cc(C(F)(F)F)ccn2)ccc1OC. The molecule has 12 heteroatoms. The Morgan fingerprint density at radius 2 is 1.97 bits per heavy atom. The van der Waals surface area contributed by atoms with Crippen molar-refractivity contribution in [2.75, 3.05) is 26.1 Å². The number of halogens is 3. The number of rotatable bonds is 7. The average Bonchev–Trinajstić information content (AvgIpc) is 3.15. The number of methoxy groups -OCH3 is 2. The molecule has 1 aromatic carbocycles. The normalized spacial score (nSPS) is 16.0. The van der Waals surface area contributed by atoms with Gasteiger partial charge in [0.2, 0.25) is 17.7 Å². The molecule has 1 aromatic heterocycles. The van der Waals surface area contributed by atoms with Gasteiger partial charge in [-0.15, -0.1) is 0 Å². The summed E-state index contributed by atoms with van der Waals surface area (Å²) >= 11 is 0. The zero-order valence-corrected chi connectivity index (χ0v) is 17.6. The highest BCUT2D eigenvalue weighted by molar-refractivity contribution is 6.06. The predicted octanol–water partition coefficient (Wildman–Crippen LogP) is 3.00. The fourth-order valence-corrected chi connectivity index (χ4v) is 3.26. The van der Waals surface area contributed by atoms with E-state index in [1.54, 1.807) is 0 Å². The second kappa shape index (κ2) is 9.86. The maximum atomic E-state index is 12.9. The molecule has 0 radical (unpaired) electrons. The summed E-state index contributed by atoms with van der Waals surface area (Å²) in [6.07, 6.45) is -3.44. The van der Waals surface area contributed by atoms with Crippen molar-refractivity contribution >= 4 is 23.4 Å². The lowest BCUT2D eigenvalue weighted by Crippen LogP contribution is -2.46. The van der Waals surface area contributed by atoms with E-state index in [0.29, 0.717) is 0 Å². The van der Waals surface area contributed by atoms with Crippen LogP contribution >= 0.6 is 0 Å². The molecule has 3 rings (SSSR count). The smallest absolute Gasteiger partial charge is 0.416 e. The van der Waals surface area contributed by atoms with Gasteiger partial charge in [-0.05, 0) is 24.6 Å². The Bertz CT molecular complexity index is 1060. The van der Waals surface area contributed by atoms with Gasteiger partial charge in [0.1, 0.15) is 24.1 Å². The first kappa shape index (κ1) is 24.0. The van der Waals surface area contributed by atoms with E-state index in [2.05, 4.69) is 10.3 Å². The van der Waals surface area contributed by atoms with Crippen LogP contribution in [0.4, 0.5) is 18.9 Å². The summed E-state index contributed by atoms with van der Waals surface area (Å²) in [6, 6.07) is 4.70. The summed E-state index contributed by atoms with van der Waals surface area (Å²) in [4.78, 5) is 41.7. The van der Waals surface area contributed by atoms with Gasteiger partial charge in [-0.2, -0.15) is 13.2 Å². The highest BCUT2D eigenvalue weighted by atomic mass is 19.4. The first-order valence-electron chi connectivity index (χ1n) is 9.68. The number of anilines is 1. The number of nitrogens with one attached hydrogen (secondary N) is 1. The summed E-state index contributed by atoms with van der Waals surface area (Å²) in [7, 11) is 2.65. The van der Waals surface area contributed by atoms with Crippen molar-refractivity contribution in [3.63, 3.8) is 0 Å². The van der Waals surface area contributed by atoms with Crippen molar-refractivity contribution in [1.82, 2.24) is 9.88 Å². The largest absolute Gasteiger partial charge is 0.495 e. The summed E-state index contributed by atoms with van der Waals surface area (Å²) < 4.78 is 54.1. The molecule has 2 aromatic rings. The Hall–Kier alpha value is -3.67.